The molecule has 0 aliphatic carbocycles. The molecule has 3 heterocycles. The number of carbonyl (C=O) groups is 1. The van der Waals surface area contributed by atoms with Crippen LogP contribution in [0.25, 0.3) is 22.3 Å². The highest BCUT2D eigenvalue weighted by Crippen LogP contribution is 2.35. The number of halogens is 2. The predicted octanol–water partition coefficient (Wildman–Crippen LogP) is 5.74. The minimum atomic E-state index is -0.345. The van der Waals surface area contributed by atoms with Crippen LogP contribution in [-0.2, 0) is 0 Å². The number of pyridine rings is 1. The van der Waals surface area contributed by atoms with Gasteiger partial charge in [0, 0.05) is 29.8 Å². The zero-order valence-corrected chi connectivity index (χ0v) is 23.3. The van der Waals surface area contributed by atoms with Gasteiger partial charge in [0.2, 0.25) is 5.88 Å². The molecule has 4 aromatic rings. The van der Waals surface area contributed by atoms with Crippen molar-refractivity contribution in [3.63, 3.8) is 0 Å². The van der Waals surface area contributed by atoms with Gasteiger partial charge in [-0.15, -0.1) is 0 Å². The quantitative estimate of drug-likeness (QED) is 0.251. The first-order valence-electron chi connectivity index (χ1n) is 14.2. The molecular formula is C33H32F2N4O3. The van der Waals surface area contributed by atoms with Crippen LogP contribution >= 0.6 is 0 Å². The van der Waals surface area contributed by atoms with Crippen molar-refractivity contribution in [3.8, 4) is 33.9 Å². The Bertz CT molecular complexity index is 1580. The largest absolute Gasteiger partial charge is 0.488 e. The van der Waals surface area contributed by atoms with E-state index in [2.05, 4.69) is 20.9 Å². The Kier molecular flexibility index (Phi) is 8.12. The van der Waals surface area contributed by atoms with E-state index in [4.69, 9.17) is 9.47 Å². The molecule has 0 unspecified atom stereocenters. The summed E-state index contributed by atoms with van der Waals surface area (Å²) in [5, 5.41) is 9.50. The van der Waals surface area contributed by atoms with E-state index < -0.39 is 0 Å². The Balaban J connectivity index is 1.30. The summed E-state index contributed by atoms with van der Waals surface area (Å²) in [5.74, 6) is 0.0721. The molecule has 2 aliphatic rings. The van der Waals surface area contributed by atoms with Crippen molar-refractivity contribution >= 4 is 11.6 Å². The second kappa shape index (κ2) is 12.3. The minimum Gasteiger partial charge on any atom is -0.488 e. The summed E-state index contributed by atoms with van der Waals surface area (Å²) in [4.78, 5) is 18.0. The maximum Gasteiger partial charge on any atom is 0.255 e. The first-order chi connectivity index (χ1) is 20.4. The van der Waals surface area contributed by atoms with Crippen molar-refractivity contribution in [2.24, 2.45) is 0 Å². The molecule has 1 amide bonds. The van der Waals surface area contributed by atoms with E-state index in [1.165, 1.54) is 18.2 Å². The molecule has 1 aromatic heterocycles. The highest BCUT2D eigenvalue weighted by molar-refractivity contribution is 6.05. The molecule has 6 rings (SSSR count). The Labute approximate surface area is 243 Å². The molecule has 0 bridgehead atoms. The molecule has 2 saturated heterocycles. The maximum absolute atomic E-state index is 14.1. The van der Waals surface area contributed by atoms with Gasteiger partial charge in [-0.2, -0.15) is 0 Å². The van der Waals surface area contributed by atoms with Gasteiger partial charge in [0.05, 0.1) is 11.9 Å². The Morgan fingerprint density at radius 3 is 2.26 bits per heavy atom. The summed E-state index contributed by atoms with van der Waals surface area (Å²) in [5.41, 5.74) is 4.21. The van der Waals surface area contributed by atoms with Crippen LogP contribution in [0.5, 0.6) is 11.6 Å². The third kappa shape index (κ3) is 6.27. The molecule has 2 fully saturated rings. The molecule has 2 aliphatic heterocycles. The van der Waals surface area contributed by atoms with Gasteiger partial charge in [-0.1, -0.05) is 18.2 Å². The molecule has 3 N–H and O–H groups in total. The van der Waals surface area contributed by atoms with Gasteiger partial charge in [0.25, 0.3) is 5.91 Å². The fourth-order valence-electron chi connectivity index (χ4n) is 5.26. The zero-order valence-electron chi connectivity index (χ0n) is 23.3. The Morgan fingerprint density at radius 2 is 1.57 bits per heavy atom. The maximum atomic E-state index is 14.1. The third-order valence-corrected chi connectivity index (χ3v) is 7.58. The van der Waals surface area contributed by atoms with Gasteiger partial charge in [0.15, 0.2) is 0 Å². The molecule has 0 radical (unpaired) electrons. The number of hydrogen-bond donors (Lipinski definition) is 3. The highest BCUT2D eigenvalue weighted by Gasteiger charge is 2.22. The molecule has 0 saturated carbocycles. The van der Waals surface area contributed by atoms with Crippen molar-refractivity contribution in [2.45, 2.75) is 32.0 Å². The fraction of sp³-hybridized carbons (Fsp3) is 0.273. The molecule has 9 heteroatoms. The molecule has 7 nitrogen and oxygen atoms in total. The van der Waals surface area contributed by atoms with Crippen LogP contribution < -0.4 is 25.4 Å². The van der Waals surface area contributed by atoms with Gasteiger partial charge < -0.3 is 25.4 Å². The lowest BCUT2D eigenvalue weighted by Crippen LogP contribution is -2.20. The van der Waals surface area contributed by atoms with E-state index in [1.54, 1.807) is 61.7 Å². The second-order valence-electron chi connectivity index (χ2n) is 10.7. The predicted molar refractivity (Wildman–Crippen MR) is 158 cm³/mol. The first kappa shape index (κ1) is 27.8. The minimum absolute atomic E-state index is 0.0154. The van der Waals surface area contributed by atoms with Crippen LogP contribution in [-0.4, -0.2) is 49.3 Å². The van der Waals surface area contributed by atoms with Crippen LogP contribution in [0.3, 0.4) is 0 Å². The summed E-state index contributed by atoms with van der Waals surface area (Å²) in [6.45, 7) is 4.91. The van der Waals surface area contributed by atoms with Crippen molar-refractivity contribution in [3.05, 3.63) is 95.7 Å². The van der Waals surface area contributed by atoms with Gasteiger partial charge in [-0.25, -0.2) is 13.8 Å². The third-order valence-electron chi connectivity index (χ3n) is 7.58. The van der Waals surface area contributed by atoms with Crippen LogP contribution in [0.1, 0.15) is 28.8 Å². The Morgan fingerprint density at radius 1 is 0.857 bits per heavy atom. The van der Waals surface area contributed by atoms with Crippen LogP contribution in [0.4, 0.5) is 14.5 Å². The molecule has 0 spiro atoms. The number of rotatable bonds is 8. The van der Waals surface area contributed by atoms with Crippen LogP contribution in [0.2, 0.25) is 0 Å². The number of hydrogen-bond acceptors (Lipinski definition) is 6. The summed E-state index contributed by atoms with van der Waals surface area (Å²) in [7, 11) is 0. The topological polar surface area (TPSA) is 84.5 Å². The molecular weight excluding hydrogens is 538 g/mol. The van der Waals surface area contributed by atoms with E-state index in [1.807, 2.05) is 0 Å². The number of anilines is 1. The van der Waals surface area contributed by atoms with Gasteiger partial charge in [-0.3, -0.25) is 4.79 Å². The monoisotopic (exact) mass is 570 g/mol. The molecule has 216 valence electrons. The molecule has 2 atom stereocenters. The van der Waals surface area contributed by atoms with Crippen LogP contribution in [0.15, 0.2) is 72.9 Å². The number of nitrogens with zero attached hydrogens (tertiary/aromatic N) is 1. The molecule has 42 heavy (non-hydrogen) atoms. The average Bonchev–Trinajstić information content (AvgIpc) is 3.71. The number of benzene rings is 3. The lowest BCUT2D eigenvalue weighted by molar-refractivity contribution is 0.102. The van der Waals surface area contributed by atoms with Gasteiger partial charge >= 0.3 is 0 Å². The molecule has 3 aromatic carbocycles. The average molecular weight is 571 g/mol. The van der Waals surface area contributed by atoms with E-state index in [0.717, 1.165) is 50.1 Å². The Hall–Kier alpha value is -4.34. The highest BCUT2D eigenvalue weighted by atomic mass is 19.1. The van der Waals surface area contributed by atoms with Gasteiger partial charge in [0.1, 0.15) is 29.6 Å². The summed E-state index contributed by atoms with van der Waals surface area (Å²) in [6, 6.07) is 18.0. The van der Waals surface area contributed by atoms with Gasteiger partial charge in [-0.05, 0) is 98.1 Å². The summed E-state index contributed by atoms with van der Waals surface area (Å²) < 4.78 is 40.2. The SMILES string of the molecule is Cc1cc(-c2cc(C(=O)Nc3cnc(O[C@H]4CCNC4)c(-c4ccc(F)cc4)c3)ccc2O[C@H]2CCNC2)ccc1F. The second-order valence-corrected chi connectivity index (χ2v) is 10.7. The van der Waals surface area contributed by atoms with Crippen LogP contribution in [0, 0.1) is 18.6 Å². The van der Waals surface area contributed by atoms with Crippen molar-refractivity contribution in [1.29, 1.82) is 0 Å². The normalized spacial score (nSPS) is 18.2. The van der Waals surface area contributed by atoms with E-state index in [0.29, 0.717) is 39.6 Å². The lowest BCUT2D eigenvalue weighted by Gasteiger charge is -2.18. The van der Waals surface area contributed by atoms with E-state index in [9.17, 15) is 13.6 Å². The smallest absolute Gasteiger partial charge is 0.255 e. The number of amides is 1. The van der Waals surface area contributed by atoms with Crippen molar-refractivity contribution < 1.29 is 23.0 Å². The fourth-order valence-corrected chi connectivity index (χ4v) is 5.26. The zero-order chi connectivity index (χ0) is 29.1. The van der Waals surface area contributed by atoms with Crippen molar-refractivity contribution in [2.75, 3.05) is 31.5 Å². The van der Waals surface area contributed by atoms with E-state index >= 15 is 0 Å². The standard InChI is InChI=1S/C33H32F2N4O3/c1-20-14-22(4-8-30(20)35)28-15-23(5-9-31(28)41-26-10-12-36-18-26)32(40)39-25-16-29(21-2-6-24(34)7-3-21)33(38-17-25)42-27-11-13-37-19-27/h2-9,14-17,26-27,36-37H,10-13,18-19H2,1H3,(H,39,40)/t26-,27-/m0/s1. The lowest BCUT2D eigenvalue weighted by atomic mass is 9.99. The first-order valence-corrected chi connectivity index (χ1v) is 14.2. The summed E-state index contributed by atoms with van der Waals surface area (Å²) >= 11 is 0. The number of ether oxygens (including phenoxy) is 2. The van der Waals surface area contributed by atoms with E-state index in [-0.39, 0.29) is 29.7 Å². The summed E-state index contributed by atoms with van der Waals surface area (Å²) in [6.07, 6.45) is 3.28. The number of aromatic nitrogens is 1. The number of carbonyl (C=O) groups excluding carboxylic acids is 1. The van der Waals surface area contributed by atoms with Crippen molar-refractivity contribution in [1.82, 2.24) is 15.6 Å². The number of nitrogens with one attached hydrogen (secondary N) is 3. The number of aryl methyl sites for hydroxylation is 1.